The van der Waals surface area contributed by atoms with E-state index in [1.807, 2.05) is 18.2 Å². The summed E-state index contributed by atoms with van der Waals surface area (Å²) in [7, 11) is 0. The molecule has 1 amide bonds. The second-order valence-electron chi connectivity index (χ2n) is 8.66. The third-order valence-electron chi connectivity index (χ3n) is 6.55. The summed E-state index contributed by atoms with van der Waals surface area (Å²) in [6.45, 7) is 1.91. The van der Waals surface area contributed by atoms with Gasteiger partial charge in [-0.1, -0.05) is 36.9 Å². The molecular weight excluding hydrogens is 416 g/mol. The van der Waals surface area contributed by atoms with Crippen molar-refractivity contribution in [3.63, 3.8) is 0 Å². The first-order valence-corrected chi connectivity index (χ1v) is 11.4. The summed E-state index contributed by atoms with van der Waals surface area (Å²) in [5, 5.41) is 19.7. The number of carbonyl (C=O) groups is 2. The molecule has 1 aliphatic heterocycles. The predicted octanol–water partition coefficient (Wildman–Crippen LogP) is 3.06. The molecule has 1 saturated carbocycles. The van der Waals surface area contributed by atoms with Crippen LogP contribution in [0.4, 0.5) is 0 Å². The van der Waals surface area contributed by atoms with Crippen molar-refractivity contribution in [3.8, 4) is 0 Å². The summed E-state index contributed by atoms with van der Waals surface area (Å²) >= 11 is 6.42. The number of aromatic nitrogens is 1. The average molecular weight is 445 g/mol. The highest BCUT2D eigenvalue weighted by molar-refractivity contribution is 6.35. The van der Waals surface area contributed by atoms with Gasteiger partial charge in [0.15, 0.2) is 0 Å². The number of fused-ring (bicyclic) bond motifs is 1. The minimum absolute atomic E-state index is 0.142. The van der Waals surface area contributed by atoms with Gasteiger partial charge in [0, 0.05) is 18.5 Å². The Morgan fingerprint density at radius 3 is 2.71 bits per heavy atom. The number of pyridine rings is 1. The molecule has 166 valence electrons. The Kier molecular flexibility index (Phi) is 6.74. The van der Waals surface area contributed by atoms with Crippen LogP contribution in [-0.4, -0.2) is 48.1 Å². The Labute approximate surface area is 187 Å². The summed E-state index contributed by atoms with van der Waals surface area (Å²) in [4.78, 5) is 28.9. The number of carboxylic acid groups (broad SMARTS) is 1. The highest BCUT2D eigenvalue weighted by Gasteiger charge is 2.37. The van der Waals surface area contributed by atoms with E-state index < -0.39 is 11.5 Å². The smallest absolute Gasteiger partial charge is 0.317 e. The van der Waals surface area contributed by atoms with Crippen molar-refractivity contribution >= 4 is 34.4 Å². The van der Waals surface area contributed by atoms with Gasteiger partial charge in [-0.15, -0.1) is 0 Å². The van der Waals surface area contributed by atoms with Crippen LogP contribution >= 0.6 is 11.6 Å². The quantitative estimate of drug-likeness (QED) is 0.523. The summed E-state index contributed by atoms with van der Waals surface area (Å²) in [6, 6.07) is 7.27. The number of benzene rings is 1. The van der Waals surface area contributed by atoms with Gasteiger partial charge < -0.3 is 15.7 Å². The van der Waals surface area contributed by atoms with Crippen LogP contribution in [0.2, 0.25) is 5.02 Å². The molecule has 1 atom stereocenters. The first kappa shape index (κ1) is 22.0. The molecule has 8 heteroatoms. The van der Waals surface area contributed by atoms with Gasteiger partial charge in [-0.05, 0) is 49.9 Å². The lowest BCUT2D eigenvalue weighted by Gasteiger charge is -2.29. The minimum atomic E-state index is -0.907. The van der Waals surface area contributed by atoms with Gasteiger partial charge in [0.25, 0.3) is 5.91 Å². The number of hydrogen-bond acceptors (Lipinski definition) is 5. The third-order valence-corrected chi connectivity index (χ3v) is 6.86. The van der Waals surface area contributed by atoms with E-state index in [4.69, 9.17) is 21.7 Å². The number of nitrogens with one attached hydrogen (secondary N) is 3. The van der Waals surface area contributed by atoms with Crippen molar-refractivity contribution < 1.29 is 14.7 Å². The van der Waals surface area contributed by atoms with Crippen LogP contribution in [0.3, 0.4) is 0 Å². The Bertz CT molecular complexity index is 969. The van der Waals surface area contributed by atoms with E-state index in [1.54, 1.807) is 6.07 Å². The van der Waals surface area contributed by atoms with Gasteiger partial charge in [0.1, 0.15) is 0 Å². The zero-order valence-corrected chi connectivity index (χ0v) is 18.3. The second-order valence-corrected chi connectivity index (χ2v) is 9.06. The zero-order valence-electron chi connectivity index (χ0n) is 17.5. The summed E-state index contributed by atoms with van der Waals surface area (Å²) in [5.41, 5.74) is 1.34. The Morgan fingerprint density at radius 2 is 2.00 bits per heavy atom. The fraction of sp³-hybridized carbons (Fsp3) is 0.522. The number of hydrogen-bond donors (Lipinski definition) is 4. The molecule has 1 aromatic carbocycles. The normalized spacial score (nSPS) is 22.0. The molecule has 0 radical (unpaired) electrons. The lowest BCUT2D eigenvalue weighted by Crippen LogP contribution is -2.47. The largest absolute Gasteiger partial charge is 0.480 e. The molecule has 2 aliphatic rings. The number of rotatable bonds is 7. The molecule has 2 aromatic rings. The molecule has 0 bridgehead atoms. The van der Waals surface area contributed by atoms with Crippen molar-refractivity contribution in [1.29, 1.82) is 0 Å². The Hall–Kier alpha value is -2.22. The summed E-state index contributed by atoms with van der Waals surface area (Å²) < 4.78 is 0. The fourth-order valence-corrected chi connectivity index (χ4v) is 5.04. The lowest BCUT2D eigenvalue weighted by molar-refractivity contribution is -0.136. The van der Waals surface area contributed by atoms with E-state index in [9.17, 15) is 9.59 Å². The standard InChI is InChI=1S/C23H29ClN4O3/c24-17-7-8-18-16(21(17)22(31)26-12-15-4-2-1-3-5-15)6-9-19(28-18)23(10-11-25-14-23)27-13-20(29)30/h6-9,15,25,27H,1-5,10-14H2,(H,26,31)(H,29,30)/t23-/m0/s1. The van der Waals surface area contributed by atoms with E-state index in [0.29, 0.717) is 40.5 Å². The first-order chi connectivity index (χ1) is 15.0. The molecule has 2 heterocycles. The minimum Gasteiger partial charge on any atom is -0.480 e. The van der Waals surface area contributed by atoms with Gasteiger partial charge in [-0.3, -0.25) is 19.9 Å². The molecule has 4 N–H and O–H groups in total. The van der Waals surface area contributed by atoms with Crippen LogP contribution in [-0.2, 0) is 10.3 Å². The lowest BCUT2D eigenvalue weighted by atomic mass is 9.89. The molecule has 1 aliphatic carbocycles. The maximum Gasteiger partial charge on any atom is 0.317 e. The number of halogens is 1. The second kappa shape index (κ2) is 9.51. The van der Waals surface area contributed by atoms with E-state index in [-0.39, 0.29) is 12.5 Å². The number of carbonyl (C=O) groups excluding carboxylic acids is 1. The van der Waals surface area contributed by atoms with Crippen LogP contribution in [0.1, 0.15) is 54.6 Å². The molecule has 2 fully saturated rings. The molecule has 1 saturated heterocycles. The van der Waals surface area contributed by atoms with Crippen molar-refractivity contribution in [2.75, 3.05) is 26.2 Å². The number of carboxylic acids is 1. The van der Waals surface area contributed by atoms with Crippen LogP contribution in [0.25, 0.3) is 10.9 Å². The summed E-state index contributed by atoms with van der Waals surface area (Å²) in [5.74, 6) is -0.543. The monoisotopic (exact) mass is 444 g/mol. The van der Waals surface area contributed by atoms with Crippen LogP contribution < -0.4 is 16.0 Å². The molecule has 31 heavy (non-hydrogen) atoms. The fourth-order valence-electron chi connectivity index (χ4n) is 4.79. The topological polar surface area (TPSA) is 103 Å². The van der Waals surface area contributed by atoms with Crippen LogP contribution in [0.15, 0.2) is 24.3 Å². The number of aliphatic carboxylic acids is 1. The molecule has 1 aromatic heterocycles. The molecular formula is C23H29ClN4O3. The molecule has 4 rings (SSSR count). The maximum absolute atomic E-state index is 13.0. The number of nitrogens with zero attached hydrogens (tertiary/aromatic N) is 1. The third kappa shape index (κ3) is 4.84. The maximum atomic E-state index is 13.0. The van der Waals surface area contributed by atoms with E-state index in [2.05, 4.69) is 16.0 Å². The van der Waals surface area contributed by atoms with Gasteiger partial charge in [0.2, 0.25) is 0 Å². The summed E-state index contributed by atoms with van der Waals surface area (Å²) in [6.07, 6.45) is 6.80. The highest BCUT2D eigenvalue weighted by Crippen LogP contribution is 2.31. The first-order valence-electron chi connectivity index (χ1n) is 11.0. The van der Waals surface area contributed by atoms with Gasteiger partial charge in [-0.25, -0.2) is 0 Å². The molecule has 7 nitrogen and oxygen atoms in total. The van der Waals surface area contributed by atoms with Gasteiger partial charge >= 0.3 is 5.97 Å². The Balaban J connectivity index is 1.60. The van der Waals surface area contributed by atoms with Crippen molar-refractivity contribution in [3.05, 3.63) is 40.5 Å². The van der Waals surface area contributed by atoms with E-state index >= 15 is 0 Å². The Morgan fingerprint density at radius 1 is 1.19 bits per heavy atom. The highest BCUT2D eigenvalue weighted by atomic mass is 35.5. The van der Waals surface area contributed by atoms with Gasteiger partial charge in [0.05, 0.1) is 33.9 Å². The average Bonchev–Trinajstić information content (AvgIpc) is 3.27. The zero-order chi connectivity index (χ0) is 21.8. The van der Waals surface area contributed by atoms with Crippen LogP contribution in [0, 0.1) is 5.92 Å². The van der Waals surface area contributed by atoms with Crippen molar-refractivity contribution in [1.82, 2.24) is 20.9 Å². The predicted molar refractivity (Wildman–Crippen MR) is 120 cm³/mol. The van der Waals surface area contributed by atoms with Crippen molar-refractivity contribution in [2.45, 2.75) is 44.1 Å². The SMILES string of the molecule is O=C(O)CN[C@@]1(c2ccc3c(C(=O)NCC4CCCCC4)c(Cl)ccc3n2)CCNC1. The number of amides is 1. The molecule has 0 unspecified atom stereocenters. The van der Waals surface area contributed by atoms with Crippen molar-refractivity contribution in [2.24, 2.45) is 5.92 Å². The van der Waals surface area contributed by atoms with Crippen LogP contribution in [0.5, 0.6) is 0 Å². The van der Waals surface area contributed by atoms with E-state index in [0.717, 1.165) is 31.5 Å². The van der Waals surface area contributed by atoms with E-state index in [1.165, 1.54) is 19.3 Å². The molecule has 0 spiro atoms. The van der Waals surface area contributed by atoms with Gasteiger partial charge in [-0.2, -0.15) is 0 Å².